The molecule has 7 heteroatoms. The smallest absolute Gasteiger partial charge is 0.542 e. The van der Waals surface area contributed by atoms with Crippen molar-refractivity contribution in [1.29, 1.82) is 0 Å². The van der Waals surface area contributed by atoms with Crippen molar-refractivity contribution in [2.45, 2.75) is 32.8 Å². The van der Waals surface area contributed by atoms with Crippen molar-refractivity contribution in [2.75, 3.05) is 13.1 Å². The van der Waals surface area contributed by atoms with E-state index in [2.05, 4.69) is 0 Å². The molecule has 1 aliphatic heterocycles. The molecule has 0 bridgehead atoms. The number of amides is 1. The van der Waals surface area contributed by atoms with Gasteiger partial charge in [-0.2, -0.15) is 0 Å². The minimum Gasteiger partial charge on any atom is -0.542 e. The van der Waals surface area contributed by atoms with Gasteiger partial charge in [0.1, 0.15) is 11.6 Å². The van der Waals surface area contributed by atoms with Crippen LogP contribution < -0.4 is 24.0 Å². The van der Waals surface area contributed by atoms with Crippen molar-refractivity contribution in [1.82, 2.24) is 4.90 Å². The summed E-state index contributed by atoms with van der Waals surface area (Å²) in [5.74, 6) is -2.69. The van der Waals surface area contributed by atoms with E-state index >= 15 is 0 Å². The molecule has 0 aromatic rings. The molecule has 1 amide bonds. The van der Waals surface area contributed by atoms with Gasteiger partial charge in [-0.05, 0) is 20.8 Å². The van der Waals surface area contributed by atoms with Crippen LogP contribution in [-0.2, 0) is 14.3 Å². The van der Waals surface area contributed by atoms with Crippen LogP contribution in [0.4, 0.5) is 4.79 Å². The number of carboxylic acids is 1. The average Bonchev–Trinajstić information content (AvgIpc) is 2.06. The number of ketones is 1. The Morgan fingerprint density at radius 2 is 1.78 bits per heavy atom. The van der Waals surface area contributed by atoms with E-state index in [9.17, 15) is 19.5 Å². The normalized spacial score (nSPS) is 15.4. The summed E-state index contributed by atoms with van der Waals surface area (Å²) in [6, 6.07) is 0. The number of carbonyl (C=O) groups is 3. The maximum atomic E-state index is 11.5. The van der Waals surface area contributed by atoms with Crippen LogP contribution in [0.2, 0.25) is 0 Å². The standard InChI is InChI=1S/C11H17NO5.Li/c1-11(2,3)17-10(16)12-5-7(6-12)4-8(13)9(14)15;/h7H,4-6H2,1-3H3,(H,14,15);/q;+1/p-1. The molecular weight excluding hydrogens is 233 g/mol. The Bertz CT molecular complexity index is 344. The van der Waals surface area contributed by atoms with Gasteiger partial charge in [-0.25, -0.2) is 4.79 Å². The Morgan fingerprint density at radius 1 is 1.28 bits per heavy atom. The van der Waals surface area contributed by atoms with E-state index < -0.39 is 23.4 Å². The van der Waals surface area contributed by atoms with E-state index in [-0.39, 0.29) is 31.2 Å². The van der Waals surface area contributed by atoms with Gasteiger partial charge in [-0.15, -0.1) is 0 Å². The van der Waals surface area contributed by atoms with Crippen LogP contribution in [0.15, 0.2) is 0 Å². The molecule has 0 unspecified atom stereocenters. The maximum absolute atomic E-state index is 11.5. The summed E-state index contributed by atoms with van der Waals surface area (Å²) in [6.45, 7) is 6.01. The molecule has 0 spiro atoms. The fourth-order valence-corrected chi connectivity index (χ4v) is 1.52. The maximum Gasteiger partial charge on any atom is 1.00 e. The van der Waals surface area contributed by atoms with E-state index in [4.69, 9.17) is 4.74 Å². The SMILES string of the molecule is CC(C)(C)OC(=O)N1CC(CC(=O)C(=O)[O-])C1.[Li+]. The Morgan fingerprint density at radius 3 is 2.17 bits per heavy atom. The number of aliphatic carboxylic acids is 1. The summed E-state index contributed by atoms with van der Waals surface area (Å²) in [6.07, 6.45) is -0.517. The van der Waals surface area contributed by atoms with Crippen LogP contribution in [-0.4, -0.2) is 41.4 Å². The van der Waals surface area contributed by atoms with Crippen molar-refractivity contribution >= 4 is 17.8 Å². The Labute approximate surface area is 118 Å². The van der Waals surface area contributed by atoms with Crippen LogP contribution in [0.1, 0.15) is 27.2 Å². The van der Waals surface area contributed by atoms with Crippen molar-refractivity contribution in [3.05, 3.63) is 0 Å². The molecule has 0 aromatic heterocycles. The van der Waals surface area contributed by atoms with Gasteiger partial charge in [0.25, 0.3) is 0 Å². The Kier molecular flexibility index (Phi) is 5.91. The second kappa shape index (κ2) is 6.26. The van der Waals surface area contributed by atoms with E-state index in [0.29, 0.717) is 13.1 Å². The number of likely N-dealkylation sites (tertiary alicyclic amines) is 1. The minimum atomic E-state index is -1.67. The van der Waals surface area contributed by atoms with Crippen molar-refractivity contribution in [3.8, 4) is 0 Å². The number of hydrogen-bond acceptors (Lipinski definition) is 5. The molecule has 1 fully saturated rings. The zero-order valence-electron chi connectivity index (χ0n) is 11.2. The van der Waals surface area contributed by atoms with Gasteiger partial charge in [-0.3, -0.25) is 4.79 Å². The first kappa shape index (κ1) is 17.0. The topological polar surface area (TPSA) is 86.7 Å². The quantitative estimate of drug-likeness (QED) is 0.384. The molecule has 18 heavy (non-hydrogen) atoms. The van der Waals surface area contributed by atoms with Crippen LogP contribution in [0.5, 0.6) is 0 Å². The summed E-state index contributed by atoms with van der Waals surface area (Å²) in [4.78, 5) is 34.0. The molecule has 0 radical (unpaired) electrons. The largest absolute Gasteiger partial charge is 1.00 e. The fraction of sp³-hybridized carbons (Fsp3) is 0.727. The molecule has 1 saturated heterocycles. The molecule has 1 heterocycles. The Hall–Kier alpha value is -0.993. The van der Waals surface area contributed by atoms with Gasteiger partial charge < -0.3 is 19.5 Å². The van der Waals surface area contributed by atoms with E-state index in [1.807, 2.05) is 0 Å². The van der Waals surface area contributed by atoms with Crippen molar-refractivity contribution < 1.29 is 43.1 Å². The van der Waals surface area contributed by atoms with Gasteiger partial charge in [0.2, 0.25) is 0 Å². The number of ether oxygens (including phenoxy) is 1. The summed E-state index contributed by atoms with van der Waals surface area (Å²) >= 11 is 0. The predicted octanol–water partition coefficient (Wildman–Crippen LogP) is -3.43. The zero-order valence-corrected chi connectivity index (χ0v) is 11.2. The number of rotatable bonds is 3. The molecule has 1 aliphatic rings. The van der Waals surface area contributed by atoms with Crippen LogP contribution >= 0.6 is 0 Å². The Balaban J connectivity index is 0.00000289. The summed E-state index contributed by atoms with van der Waals surface area (Å²) in [7, 11) is 0. The first-order valence-electron chi connectivity index (χ1n) is 5.41. The summed E-state index contributed by atoms with van der Waals surface area (Å²) in [5.41, 5.74) is -0.553. The van der Waals surface area contributed by atoms with Gasteiger partial charge in [0.15, 0.2) is 5.78 Å². The van der Waals surface area contributed by atoms with E-state index in [0.717, 1.165) is 0 Å². The fourth-order valence-electron chi connectivity index (χ4n) is 1.52. The molecule has 0 N–H and O–H groups in total. The molecule has 0 saturated carbocycles. The van der Waals surface area contributed by atoms with Crippen molar-refractivity contribution in [3.63, 3.8) is 0 Å². The zero-order chi connectivity index (χ0) is 13.2. The monoisotopic (exact) mass is 249 g/mol. The van der Waals surface area contributed by atoms with Crippen LogP contribution in [0.3, 0.4) is 0 Å². The van der Waals surface area contributed by atoms with E-state index in [1.54, 1.807) is 20.8 Å². The van der Waals surface area contributed by atoms with E-state index in [1.165, 1.54) is 4.90 Å². The number of Topliss-reactive ketones (excluding diaryl/α,β-unsaturated/α-hetero) is 1. The minimum absolute atomic E-state index is 0. The number of nitrogens with zero attached hydrogens (tertiary/aromatic N) is 1. The third-order valence-corrected chi connectivity index (χ3v) is 2.31. The summed E-state index contributed by atoms with van der Waals surface area (Å²) < 4.78 is 5.12. The molecule has 96 valence electrons. The number of hydrogen-bond donors (Lipinski definition) is 0. The molecule has 1 rings (SSSR count). The van der Waals surface area contributed by atoms with Crippen LogP contribution in [0, 0.1) is 5.92 Å². The average molecular weight is 249 g/mol. The predicted molar refractivity (Wildman–Crippen MR) is 55.9 cm³/mol. The van der Waals surface area contributed by atoms with Gasteiger partial charge in [0.05, 0.1) is 0 Å². The third-order valence-electron chi connectivity index (χ3n) is 2.31. The molecule has 6 nitrogen and oxygen atoms in total. The van der Waals surface area contributed by atoms with Crippen LogP contribution in [0.25, 0.3) is 0 Å². The third kappa shape index (κ3) is 5.11. The molecule has 0 aromatic carbocycles. The molecule has 0 atom stereocenters. The first-order chi connectivity index (χ1) is 7.69. The molecular formula is C11H16LiNO5. The second-order valence-electron chi connectivity index (χ2n) is 5.17. The second-order valence-corrected chi connectivity index (χ2v) is 5.17. The molecule has 0 aliphatic carbocycles. The summed E-state index contributed by atoms with van der Waals surface area (Å²) in [5, 5.41) is 10.2. The van der Waals surface area contributed by atoms with Crippen molar-refractivity contribution in [2.24, 2.45) is 5.92 Å². The van der Waals surface area contributed by atoms with Gasteiger partial charge in [-0.1, -0.05) is 0 Å². The first-order valence-corrected chi connectivity index (χ1v) is 5.41. The number of carboxylic acid groups (broad SMARTS) is 1. The number of carbonyl (C=O) groups excluding carboxylic acids is 3. The van der Waals surface area contributed by atoms with Gasteiger partial charge in [0, 0.05) is 25.4 Å². The van der Waals surface area contributed by atoms with Gasteiger partial charge >= 0.3 is 25.0 Å².